The molecule has 1 aliphatic carbocycles. The van der Waals surface area contributed by atoms with Gasteiger partial charge in [-0.05, 0) is 42.5 Å². The summed E-state index contributed by atoms with van der Waals surface area (Å²) >= 11 is 0. The van der Waals surface area contributed by atoms with Crippen molar-refractivity contribution in [3.05, 3.63) is 29.8 Å². The fraction of sp³-hybridized carbons (Fsp3) is 0.500. The molecule has 1 fully saturated rings. The Hall–Kier alpha value is -1.35. The minimum Gasteiger partial charge on any atom is -0.384 e. The summed E-state index contributed by atoms with van der Waals surface area (Å²) < 4.78 is 27.2. The van der Waals surface area contributed by atoms with Gasteiger partial charge in [0.25, 0.3) is 0 Å². The molecule has 2 rings (SSSR count). The lowest BCUT2D eigenvalue weighted by molar-refractivity contribution is 0.350. The topological polar surface area (TPSA) is 66.4 Å². The van der Waals surface area contributed by atoms with Gasteiger partial charge in [-0.3, -0.25) is 0 Å². The molecule has 2 N–H and O–H groups in total. The average molecular weight is 307 g/mol. The van der Waals surface area contributed by atoms with E-state index in [0.717, 1.165) is 6.42 Å². The highest BCUT2D eigenvalue weighted by molar-refractivity contribution is 7.89. The van der Waals surface area contributed by atoms with E-state index in [9.17, 15) is 8.42 Å². The van der Waals surface area contributed by atoms with E-state index in [0.29, 0.717) is 23.9 Å². The molecule has 1 aliphatic rings. The monoisotopic (exact) mass is 307 g/mol. The van der Waals surface area contributed by atoms with Gasteiger partial charge in [-0.15, -0.1) is 0 Å². The minimum atomic E-state index is -3.46. The molecule has 2 unspecified atom stereocenters. The molecule has 0 saturated heterocycles. The minimum absolute atomic E-state index is 0.207. The molecule has 0 amide bonds. The van der Waals surface area contributed by atoms with Crippen molar-refractivity contribution >= 4 is 10.0 Å². The Morgan fingerprint density at radius 3 is 2.57 bits per heavy atom. The number of aliphatic hydroxyl groups excluding tert-OH is 1. The van der Waals surface area contributed by atoms with Crippen LogP contribution < -0.4 is 4.72 Å². The SMILES string of the molecule is CC1CCCC1CNS(=O)(=O)c1ccc(C#CCO)cc1. The fourth-order valence-corrected chi connectivity index (χ4v) is 3.78. The van der Waals surface area contributed by atoms with Gasteiger partial charge in [-0.1, -0.05) is 31.6 Å². The smallest absolute Gasteiger partial charge is 0.240 e. The van der Waals surface area contributed by atoms with E-state index in [-0.39, 0.29) is 11.5 Å². The quantitative estimate of drug-likeness (QED) is 0.833. The van der Waals surface area contributed by atoms with E-state index in [1.54, 1.807) is 24.3 Å². The molecule has 1 aromatic rings. The van der Waals surface area contributed by atoms with Crippen molar-refractivity contribution in [1.29, 1.82) is 0 Å². The summed E-state index contributed by atoms with van der Waals surface area (Å²) in [6.07, 6.45) is 3.47. The maximum absolute atomic E-state index is 12.2. The zero-order chi connectivity index (χ0) is 15.3. The van der Waals surface area contributed by atoms with Crippen molar-refractivity contribution in [2.75, 3.05) is 13.2 Å². The summed E-state index contributed by atoms with van der Waals surface area (Å²) in [5.74, 6) is 6.30. The zero-order valence-corrected chi connectivity index (χ0v) is 13.0. The molecule has 0 bridgehead atoms. The number of aliphatic hydroxyl groups is 1. The van der Waals surface area contributed by atoms with E-state index in [1.165, 1.54) is 12.8 Å². The van der Waals surface area contributed by atoms with Crippen LogP contribution in [0, 0.1) is 23.7 Å². The van der Waals surface area contributed by atoms with Crippen molar-refractivity contribution in [3.63, 3.8) is 0 Å². The van der Waals surface area contributed by atoms with Gasteiger partial charge in [-0.2, -0.15) is 0 Å². The van der Waals surface area contributed by atoms with Crippen molar-refractivity contribution in [2.45, 2.75) is 31.1 Å². The molecular weight excluding hydrogens is 286 g/mol. The molecule has 114 valence electrons. The van der Waals surface area contributed by atoms with Gasteiger partial charge in [0.1, 0.15) is 6.61 Å². The first-order valence-electron chi connectivity index (χ1n) is 7.22. The summed E-state index contributed by atoms with van der Waals surface area (Å²) in [4.78, 5) is 0.252. The number of benzene rings is 1. The maximum atomic E-state index is 12.2. The Morgan fingerprint density at radius 2 is 2.00 bits per heavy atom. The number of sulfonamides is 1. The van der Waals surface area contributed by atoms with Gasteiger partial charge in [-0.25, -0.2) is 13.1 Å². The van der Waals surface area contributed by atoms with Crippen LogP contribution in [0.4, 0.5) is 0 Å². The molecule has 0 aliphatic heterocycles. The normalized spacial score (nSPS) is 21.8. The van der Waals surface area contributed by atoms with Gasteiger partial charge in [0.2, 0.25) is 10.0 Å². The summed E-state index contributed by atoms with van der Waals surface area (Å²) in [5.41, 5.74) is 0.687. The van der Waals surface area contributed by atoms with E-state index in [4.69, 9.17) is 5.11 Å². The Balaban J connectivity index is 2.01. The third-order valence-corrected chi connectivity index (χ3v) is 5.49. The fourth-order valence-electron chi connectivity index (χ4n) is 2.68. The zero-order valence-electron chi connectivity index (χ0n) is 12.2. The van der Waals surface area contributed by atoms with Crippen LogP contribution >= 0.6 is 0 Å². The summed E-state index contributed by atoms with van der Waals surface area (Å²) in [5, 5.41) is 8.63. The van der Waals surface area contributed by atoms with Crippen LogP contribution in [0.5, 0.6) is 0 Å². The van der Waals surface area contributed by atoms with Crippen molar-refractivity contribution in [1.82, 2.24) is 4.72 Å². The largest absolute Gasteiger partial charge is 0.384 e. The number of rotatable bonds is 4. The van der Waals surface area contributed by atoms with Crippen LogP contribution in [-0.2, 0) is 10.0 Å². The molecule has 0 spiro atoms. The first-order chi connectivity index (χ1) is 10.0. The first kappa shape index (κ1) is 16.0. The highest BCUT2D eigenvalue weighted by Crippen LogP contribution is 2.30. The lowest BCUT2D eigenvalue weighted by Crippen LogP contribution is -2.30. The van der Waals surface area contributed by atoms with Gasteiger partial charge in [0, 0.05) is 12.1 Å². The third kappa shape index (κ3) is 4.31. The second-order valence-electron chi connectivity index (χ2n) is 5.50. The second kappa shape index (κ2) is 7.08. The predicted octanol–water partition coefficient (Wildman–Crippen LogP) is 1.74. The van der Waals surface area contributed by atoms with E-state index >= 15 is 0 Å². The highest BCUT2D eigenvalue weighted by atomic mass is 32.2. The van der Waals surface area contributed by atoms with Crippen LogP contribution in [0.3, 0.4) is 0 Å². The average Bonchev–Trinajstić information content (AvgIpc) is 2.89. The van der Waals surface area contributed by atoms with E-state index in [2.05, 4.69) is 23.5 Å². The van der Waals surface area contributed by atoms with Crippen LogP contribution in [0.15, 0.2) is 29.2 Å². The van der Waals surface area contributed by atoms with E-state index in [1.807, 2.05) is 0 Å². The summed E-state index contributed by atoms with van der Waals surface area (Å²) in [6, 6.07) is 6.38. The van der Waals surface area contributed by atoms with Gasteiger partial charge in [0.15, 0.2) is 0 Å². The number of hydrogen-bond acceptors (Lipinski definition) is 3. The Labute approximate surface area is 126 Å². The molecule has 2 atom stereocenters. The molecule has 1 saturated carbocycles. The molecule has 5 heteroatoms. The standard InChI is InChI=1S/C16H21NO3S/c1-13-4-2-6-15(13)12-17-21(19,20)16-9-7-14(8-10-16)5-3-11-18/h7-10,13,15,17-18H,2,4,6,11-12H2,1H3. The third-order valence-electron chi connectivity index (χ3n) is 4.05. The number of hydrogen-bond donors (Lipinski definition) is 2. The lowest BCUT2D eigenvalue weighted by atomic mass is 9.99. The number of nitrogens with one attached hydrogen (secondary N) is 1. The summed E-state index contributed by atoms with van der Waals surface area (Å²) in [7, 11) is -3.46. The first-order valence-corrected chi connectivity index (χ1v) is 8.70. The lowest BCUT2D eigenvalue weighted by Gasteiger charge is -2.16. The summed E-state index contributed by atoms with van der Waals surface area (Å²) in [6.45, 7) is 2.48. The molecule has 4 nitrogen and oxygen atoms in total. The second-order valence-corrected chi connectivity index (χ2v) is 7.27. The molecule has 0 heterocycles. The molecule has 21 heavy (non-hydrogen) atoms. The van der Waals surface area contributed by atoms with E-state index < -0.39 is 10.0 Å². The maximum Gasteiger partial charge on any atom is 0.240 e. The van der Waals surface area contributed by atoms with Crippen LogP contribution in [-0.4, -0.2) is 26.7 Å². The molecule has 0 radical (unpaired) electrons. The van der Waals surface area contributed by atoms with Gasteiger partial charge < -0.3 is 5.11 Å². The Morgan fingerprint density at radius 1 is 1.29 bits per heavy atom. The van der Waals surface area contributed by atoms with Crippen molar-refractivity contribution in [3.8, 4) is 11.8 Å². The predicted molar refractivity (Wildman–Crippen MR) is 82.1 cm³/mol. The van der Waals surface area contributed by atoms with Crippen LogP contribution in [0.2, 0.25) is 0 Å². The van der Waals surface area contributed by atoms with Gasteiger partial charge in [0.05, 0.1) is 4.90 Å². The van der Waals surface area contributed by atoms with Gasteiger partial charge >= 0.3 is 0 Å². The Kier molecular flexibility index (Phi) is 5.40. The van der Waals surface area contributed by atoms with Crippen LogP contribution in [0.25, 0.3) is 0 Å². The Bertz CT molecular complexity index is 626. The molecular formula is C16H21NO3S. The van der Waals surface area contributed by atoms with Crippen molar-refractivity contribution in [2.24, 2.45) is 11.8 Å². The van der Waals surface area contributed by atoms with Crippen LogP contribution in [0.1, 0.15) is 31.7 Å². The molecule has 0 aromatic heterocycles. The molecule has 1 aromatic carbocycles. The van der Waals surface area contributed by atoms with Crippen molar-refractivity contribution < 1.29 is 13.5 Å². The highest BCUT2D eigenvalue weighted by Gasteiger charge is 2.25.